The summed E-state index contributed by atoms with van der Waals surface area (Å²) < 4.78 is 0. The van der Waals surface area contributed by atoms with Crippen molar-refractivity contribution in [2.24, 2.45) is 0 Å². The molecule has 1 aromatic carbocycles. The molecule has 5 nitrogen and oxygen atoms in total. The van der Waals surface area contributed by atoms with Crippen LogP contribution >= 0.6 is 11.6 Å². The van der Waals surface area contributed by atoms with Crippen LogP contribution in [0, 0.1) is 10.1 Å². The number of halogens is 1. The minimum Gasteiger partial charge on any atom is -0.373 e. The summed E-state index contributed by atoms with van der Waals surface area (Å²) in [4.78, 5) is 14.5. The molecule has 0 saturated heterocycles. The number of anilines is 1. The van der Waals surface area contributed by atoms with Crippen molar-refractivity contribution < 1.29 is 4.92 Å². The molecule has 0 spiro atoms. The number of para-hydroxylation sites is 1. The summed E-state index contributed by atoms with van der Waals surface area (Å²) in [5.74, 6) is 0. The molecule has 1 aromatic heterocycles. The Morgan fingerprint density at radius 2 is 2.00 bits per heavy atom. The van der Waals surface area contributed by atoms with Crippen molar-refractivity contribution in [2.45, 2.75) is 13.0 Å². The van der Waals surface area contributed by atoms with E-state index in [1.165, 1.54) is 6.07 Å². The van der Waals surface area contributed by atoms with E-state index in [0.29, 0.717) is 5.69 Å². The number of benzene rings is 1. The number of rotatable bonds is 4. The molecular formula is C13H12ClN3O2. The van der Waals surface area contributed by atoms with Crippen LogP contribution in [0.25, 0.3) is 0 Å². The molecule has 2 rings (SSSR count). The SMILES string of the molecule is CC(Nc1cccc(Cl)c1[N+](=O)[O-])c1ccncc1. The monoisotopic (exact) mass is 277 g/mol. The molecule has 1 heterocycles. The molecule has 0 bridgehead atoms. The second-order valence-electron chi connectivity index (χ2n) is 4.04. The van der Waals surface area contributed by atoms with Crippen molar-refractivity contribution in [1.29, 1.82) is 0 Å². The number of hydrogen-bond acceptors (Lipinski definition) is 4. The molecule has 1 N–H and O–H groups in total. The van der Waals surface area contributed by atoms with E-state index in [2.05, 4.69) is 10.3 Å². The molecule has 0 radical (unpaired) electrons. The zero-order valence-corrected chi connectivity index (χ0v) is 11.0. The lowest BCUT2D eigenvalue weighted by atomic mass is 10.1. The summed E-state index contributed by atoms with van der Waals surface area (Å²) in [6, 6.07) is 8.45. The summed E-state index contributed by atoms with van der Waals surface area (Å²) in [6.45, 7) is 1.92. The first-order valence-corrected chi connectivity index (χ1v) is 6.06. The molecule has 6 heteroatoms. The van der Waals surface area contributed by atoms with E-state index >= 15 is 0 Å². The van der Waals surface area contributed by atoms with Gasteiger partial charge in [-0.1, -0.05) is 17.7 Å². The fourth-order valence-corrected chi connectivity index (χ4v) is 2.03. The highest BCUT2D eigenvalue weighted by molar-refractivity contribution is 6.33. The molecule has 19 heavy (non-hydrogen) atoms. The first-order valence-electron chi connectivity index (χ1n) is 5.69. The summed E-state index contributed by atoms with van der Waals surface area (Å²) in [5, 5.41) is 14.2. The van der Waals surface area contributed by atoms with E-state index in [0.717, 1.165) is 5.56 Å². The first-order chi connectivity index (χ1) is 9.09. The largest absolute Gasteiger partial charge is 0.373 e. The van der Waals surface area contributed by atoms with E-state index in [1.807, 2.05) is 19.1 Å². The van der Waals surface area contributed by atoms with Gasteiger partial charge in [0.15, 0.2) is 0 Å². The zero-order valence-electron chi connectivity index (χ0n) is 10.2. The Hall–Kier alpha value is -2.14. The van der Waals surface area contributed by atoms with Crippen molar-refractivity contribution in [3.63, 3.8) is 0 Å². The van der Waals surface area contributed by atoms with Crippen LogP contribution in [0.4, 0.5) is 11.4 Å². The average Bonchev–Trinajstić information content (AvgIpc) is 2.39. The summed E-state index contributed by atoms with van der Waals surface area (Å²) in [5.41, 5.74) is 1.29. The van der Waals surface area contributed by atoms with Crippen LogP contribution < -0.4 is 5.32 Å². The van der Waals surface area contributed by atoms with Crippen LogP contribution in [0.3, 0.4) is 0 Å². The molecule has 0 amide bonds. The highest BCUT2D eigenvalue weighted by atomic mass is 35.5. The lowest BCUT2D eigenvalue weighted by molar-refractivity contribution is -0.383. The van der Waals surface area contributed by atoms with Gasteiger partial charge >= 0.3 is 5.69 Å². The number of aromatic nitrogens is 1. The molecule has 1 atom stereocenters. The Morgan fingerprint density at radius 3 is 2.63 bits per heavy atom. The number of nitro benzene ring substituents is 1. The maximum Gasteiger partial charge on any atom is 0.310 e. The van der Waals surface area contributed by atoms with Crippen LogP contribution in [-0.4, -0.2) is 9.91 Å². The van der Waals surface area contributed by atoms with Gasteiger partial charge in [0.25, 0.3) is 0 Å². The molecule has 0 aliphatic heterocycles. The van der Waals surface area contributed by atoms with Gasteiger partial charge in [0.05, 0.1) is 4.92 Å². The second kappa shape index (κ2) is 5.67. The molecule has 0 fully saturated rings. The van der Waals surface area contributed by atoms with Gasteiger partial charge in [0, 0.05) is 18.4 Å². The van der Waals surface area contributed by atoms with E-state index in [9.17, 15) is 10.1 Å². The Labute approximate surface area is 115 Å². The number of hydrogen-bond donors (Lipinski definition) is 1. The third kappa shape index (κ3) is 3.00. The molecule has 98 valence electrons. The number of nitrogens with one attached hydrogen (secondary N) is 1. The van der Waals surface area contributed by atoms with E-state index in [-0.39, 0.29) is 16.8 Å². The van der Waals surface area contributed by atoms with Crippen LogP contribution in [0.5, 0.6) is 0 Å². The van der Waals surface area contributed by atoms with Crippen LogP contribution in [-0.2, 0) is 0 Å². The zero-order chi connectivity index (χ0) is 13.8. The van der Waals surface area contributed by atoms with Crippen LogP contribution in [0.15, 0.2) is 42.7 Å². The average molecular weight is 278 g/mol. The highest BCUT2D eigenvalue weighted by Gasteiger charge is 2.19. The Balaban J connectivity index is 2.29. The second-order valence-corrected chi connectivity index (χ2v) is 4.45. The maximum absolute atomic E-state index is 11.0. The van der Waals surface area contributed by atoms with Gasteiger partial charge in [-0.05, 0) is 36.8 Å². The van der Waals surface area contributed by atoms with Crippen molar-refractivity contribution in [3.8, 4) is 0 Å². The van der Waals surface area contributed by atoms with Gasteiger partial charge in [0.1, 0.15) is 10.7 Å². The third-order valence-corrected chi connectivity index (χ3v) is 3.05. The van der Waals surface area contributed by atoms with Gasteiger partial charge in [-0.3, -0.25) is 15.1 Å². The number of nitro groups is 1. The fraction of sp³-hybridized carbons (Fsp3) is 0.154. The molecule has 0 saturated carbocycles. The first kappa shape index (κ1) is 13.3. The number of pyridine rings is 1. The van der Waals surface area contributed by atoms with Crippen molar-refractivity contribution in [2.75, 3.05) is 5.32 Å². The van der Waals surface area contributed by atoms with Gasteiger partial charge in [0.2, 0.25) is 0 Å². The molecule has 2 aromatic rings. The summed E-state index contributed by atoms with van der Waals surface area (Å²) >= 11 is 5.86. The summed E-state index contributed by atoms with van der Waals surface area (Å²) in [6.07, 6.45) is 3.36. The summed E-state index contributed by atoms with van der Waals surface area (Å²) in [7, 11) is 0. The van der Waals surface area contributed by atoms with Gasteiger partial charge in [-0.2, -0.15) is 0 Å². The predicted octanol–water partition coefficient (Wildman–Crippen LogP) is 3.82. The smallest absolute Gasteiger partial charge is 0.310 e. The van der Waals surface area contributed by atoms with Crippen molar-refractivity contribution >= 4 is 23.0 Å². The molecule has 0 aliphatic carbocycles. The topological polar surface area (TPSA) is 68.1 Å². The van der Waals surface area contributed by atoms with E-state index in [1.54, 1.807) is 24.5 Å². The standard InChI is InChI=1S/C13H12ClN3O2/c1-9(10-5-7-15-8-6-10)16-12-4-2-3-11(14)13(12)17(18)19/h2-9,16H,1H3. The van der Waals surface area contributed by atoms with Crippen molar-refractivity contribution in [3.05, 3.63) is 63.4 Å². The van der Waals surface area contributed by atoms with E-state index < -0.39 is 4.92 Å². The van der Waals surface area contributed by atoms with Crippen LogP contribution in [0.1, 0.15) is 18.5 Å². The maximum atomic E-state index is 11.0. The lowest BCUT2D eigenvalue weighted by Gasteiger charge is -2.15. The normalized spacial score (nSPS) is 11.9. The molecule has 1 unspecified atom stereocenters. The Kier molecular flexibility index (Phi) is 3.97. The minimum absolute atomic E-state index is 0.0832. The van der Waals surface area contributed by atoms with Gasteiger partial charge < -0.3 is 5.32 Å². The molecular weight excluding hydrogens is 266 g/mol. The predicted molar refractivity (Wildman–Crippen MR) is 74.4 cm³/mol. The number of nitrogens with zero attached hydrogens (tertiary/aromatic N) is 2. The Bertz CT molecular complexity index is 590. The lowest BCUT2D eigenvalue weighted by Crippen LogP contribution is -2.08. The van der Waals surface area contributed by atoms with Gasteiger partial charge in [-0.15, -0.1) is 0 Å². The highest BCUT2D eigenvalue weighted by Crippen LogP contribution is 2.34. The van der Waals surface area contributed by atoms with Crippen molar-refractivity contribution in [1.82, 2.24) is 4.98 Å². The van der Waals surface area contributed by atoms with Gasteiger partial charge in [-0.25, -0.2) is 0 Å². The Morgan fingerprint density at radius 1 is 1.32 bits per heavy atom. The fourth-order valence-electron chi connectivity index (χ4n) is 1.79. The quantitative estimate of drug-likeness (QED) is 0.681. The molecule has 0 aliphatic rings. The minimum atomic E-state index is -0.482. The van der Waals surface area contributed by atoms with Crippen LogP contribution in [0.2, 0.25) is 5.02 Å². The third-order valence-electron chi connectivity index (χ3n) is 2.75. The van der Waals surface area contributed by atoms with E-state index in [4.69, 9.17) is 11.6 Å².